The molecular weight excluding hydrogens is 300 g/mol. The van der Waals surface area contributed by atoms with Gasteiger partial charge in [-0.05, 0) is 42.7 Å². The van der Waals surface area contributed by atoms with Crippen molar-refractivity contribution in [2.24, 2.45) is 0 Å². The highest BCUT2D eigenvalue weighted by Crippen LogP contribution is 2.19. The minimum atomic E-state index is -0.246. The van der Waals surface area contributed by atoms with Crippen molar-refractivity contribution in [3.63, 3.8) is 0 Å². The van der Waals surface area contributed by atoms with E-state index >= 15 is 0 Å². The molecule has 1 amide bonds. The van der Waals surface area contributed by atoms with E-state index in [9.17, 15) is 4.79 Å². The lowest BCUT2D eigenvalue weighted by molar-refractivity contribution is 0.0905. The Hall–Kier alpha value is -2.28. The lowest BCUT2D eigenvalue weighted by atomic mass is 10.2. The first kappa shape index (κ1) is 14.6. The summed E-state index contributed by atoms with van der Waals surface area (Å²) in [7, 11) is 0. The number of rotatable bonds is 6. The van der Waals surface area contributed by atoms with Crippen molar-refractivity contribution in [3.8, 4) is 0 Å². The molecular formula is C15H16N4O2S. The maximum atomic E-state index is 12.2. The van der Waals surface area contributed by atoms with E-state index in [0.717, 1.165) is 23.6 Å². The van der Waals surface area contributed by atoms with Crippen LogP contribution >= 0.6 is 11.8 Å². The summed E-state index contributed by atoms with van der Waals surface area (Å²) in [5.41, 5.74) is 0.763. The number of pyridine rings is 1. The van der Waals surface area contributed by atoms with Gasteiger partial charge in [0.2, 0.25) is 0 Å². The number of nitrogens with one attached hydrogen (secondary N) is 1. The predicted molar refractivity (Wildman–Crippen MR) is 84.9 cm³/mol. The average Bonchev–Trinajstić information content (AvgIpc) is 3.20. The normalized spacial score (nSPS) is 12.4. The number of aromatic nitrogens is 3. The lowest BCUT2D eigenvalue weighted by Gasteiger charge is -2.16. The van der Waals surface area contributed by atoms with Crippen molar-refractivity contribution >= 4 is 23.3 Å². The number of thioether (sulfide) groups is 1. The minimum Gasteiger partial charge on any atom is -0.459 e. The fraction of sp³-hybridized carbons (Fsp3) is 0.267. The molecule has 0 aliphatic heterocycles. The summed E-state index contributed by atoms with van der Waals surface area (Å²) in [6, 6.07) is 8.83. The first-order valence-electron chi connectivity index (χ1n) is 6.92. The third-order valence-corrected chi connectivity index (χ3v) is 3.96. The summed E-state index contributed by atoms with van der Waals surface area (Å²) in [5.74, 6) is 1.68. The van der Waals surface area contributed by atoms with Gasteiger partial charge in [0.15, 0.2) is 17.2 Å². The third kappa shape index (κ3) is 2.99. The quantitative estimate of drug-likeness (QED) is 0.756. The Morgan fingerprint density at radius 1 is 1.36 bits per heavy atom. The van der Waals surface area contributed by atoms with Crippen LogP contribution in [0.2, 0.25) is 0 Å². The van der Waals surface area contributed by atoms with E-state index in [4.69, 9.17) is 4.42 Å². The molecule has 7 heteroatoms. The molecule has 0 unspecified atom stereocenters. The maximum Gasteiger partial charge on any atom is 0.287 e. The number of fused-ring (bicyclic) bond motifs is 1. The molecule has 3 rings (SSSR count). The predicted octanol–water partition coefficient (Wildman–Crippen LogP) is 2.55. The highest BCUT2D eigenvalue weighted by atomic mass is 32.2. The molecule has 0 radical (unpaired) electrons. The van der Waals surface area contributed by atoms with Crippen LogP contribution in [0.1, 0.15) is 28.8 Å². The van der Waals surface area contributed by atoms with Gasteiger partial charge in [0, 0.05) is 6.20 Å². The van der Waals surface area contributed by atoms with Gasteiger partial charge in [-0.3, -0.25) is 9.20 Å². The van der Waals surface area contributed by atoms with Crippen LogP contribution in [0.15, 0.2) is 47.2 Å². The molecule has 3 aromatic rings. The summed E-state index contributed by atoms with van der Waals surface area (Å²) >= 11 is 1.73. The van der Waals surface area contributed by atoms with Crippen molar-refractivity contribution in [1.82, 2.24) is 19.9 Å². The van der Waals surface area contributed by atoms with Crippen molar-refractivity contribution in [2.45, 2.75) is 12.5 Å². The number of hydrogen-bond acceptors (Lipinski definition) is 5. The van der Waals surface area contributed by atoms with Crippen LogP contribution in [0, 0.1) is 0 Å². The molecule has 0 aliphatic carbocycles. The molecule has 22 heavy (non-hydrogen) atoms. The second kappa shape index (κ2) is 6.65. The smallest absolute Gasteiger partial charge is 0.287 e. The van der Waals surface area contributed by atoms with Crippen LogP contribution in [0.25, 0.3) is 5.65 Å². The maximum absolute atomic E-state index is 12.2. The van der Waals surface area contributed by atoms with Gasteiger partial charge in [-0.15, -0.1) is 10.2 Å². The summed E-state index contributed by atoms with van der Waals surface area (Å²) in [5, 5.41) is 11.4. The van der Waals surface area contributed by atoms with E-state index in [2.05, 4.69) is 15.5 Å². The van der Waals surface area contributed by atoms with Crippen molar-refractivity contribution in [1.29, 1.82) is 0 Å². The highest BCUT2D eigenvalue weighted by Gasteiger charge is 2.21. The molecule has 3 heterocycles. The largest absolute Gasteiger partial charge is 0.459 e. The van der Waals surface area contributed by atoms with E-state index in [1.54, 1.807) is 23.9 Å². The van der Waals surface area contributed by atoms with E-state index in [0.29, 0.717) is 5.76 Å². The standard InChI is InChI=1S/C15H16N4O2S/c1-22-10-7-11(16-15(20)12-5-4-9-21-12)14-18-17-13-6-2-3-8-19(13)14/h2-6,8-9,11H,7,10H2,1H3,(H,16,20)/t11-/m1/s1. The molecule has 0 bridgehead atoms. The average molecular weight is 316 g/mol. The van der Waals surface area contributed by atoms with Crippen LogP contribution in [0.4, 0.5) is 0 Å². The van der Waals surface area contributed by atoms with Crippen LogP contribution in [0.5, 0.6) is 0 Å². The summed E-state index contributed by atoms with van der Waals surface area (Å²) in [6.07, 6.45) is 6.19. The lowest BCUT2D eigenvalue weighted by Crippen LogP contribution is -2.30. The third-order valence-electron chi connectivity index (χ3n) is 3.31. The van der Waals surface area contributed by atoms with Gasteiger partial charge in [0.05, 0.1) is 12.3 Å². The van der Waals surface area contributed by atoms with Crippen LogP contribution < -0.4 is 5.32 Å². The summed E-state index contributed by atoms with van der Waals surface area (Å²) < 4.78 is 7.04. The summed E-state index contributed by atoms with van der Waals surface area (Å²) in [6.45, 7) is 0. The zero-order valence-corrected chi connectivity index (χ0v) is 12.9. The molecule has 0 aromatic carbocycles. The first-order chi connectivity index (χ1) is 10.8. The van der Waals surface area contributed by atoms with E-state index in [1.807, 2.05) is 35.1 Å². The van der Waals surface area contributed by atoms with Gasteiger partial charge in [0.25, 0.3) is 5.91 Å². The Labute approximate surface area is 131 Å². The number of carbonyl (C=O) groups excluding carboxylic acids is 1. The van der Waals surface area contributed by atoms with E-state index < -0.39 is 0 Å². The zero-order valence-electron chi connectivity index (χ0n) is 12.1. The number of nitrogens with zero attached hydrogens (tertiary/aromatic N) is 3. The summed E-state index contributed by atoms with van der Waals surface area (Å²) in [4.78, 5) is 12.2. The molecule has 1 atom stereocenters. The Morgan fingerprint density at radius 3 is 3.05 bits per heavy atom. The SMILES string of the molecule is CSCC[C@@H](NC(=O)c1ccco1)c1nnc2ccccn12. The van der Waals surface area contributed by atoms with Gasteiger partial charge in [0.1, 0.15) is 0 Å². The molecule has 0 saturated carbocycles. The molecule has 0 fully saturated rings. The van der Waals surface area contributed by atoms with Gasteiger partial charge < -0.3 is 9.73 Å². The van der Waals surface area contributed by atoms with Crippen LogP contribution in [0.3, 0.4) is 0 Å². The Kier molecular flexibility index (Phi) is 4.43. The zero-order chi connectivity index (χ0) is 15.4. The van der Waals surface area contributed by atoms with Crippen LogP contribution in [-0.2, 0) is 0 Å². The topological polar surface area (TPSA) is 72.4 Å². The Balaban J connectivity index is 1.87. The van der Waals surface area contributed by atoms with Crippen LogP contribution in [-0.4, -0.2) is 32.5 Å². The Bertz CT molecular complexity index is 754. The van der Waals surface area contributed by atoms with Gasteiger partial charge in [-0.25, -0.2) is 0 Å². The fourth-order valence-corrected chi connectivity index (χ4v) is 2.71. The number of furan rings is 1. The molecule has 0 aliphatic rings. The van der Waals surface area contributed by atoms with E-state index in [1.165, 1.54) is 6.26 Å². The highest BCUT2D eigenvalue weighted by molar-refractivity contribution is 7.98. The number of amides is 1. The van der Waals surface area contributed by atoms with Gasteiger partial charge in [-0.2, -0.15) is 11.8 Å². The molecule has 1 N–H and O–H groups in total. The number of hydrogen-bond donors (Lipinski definition) is 1. The second-order valence-electron chi connectivity index (χ2n) is 4.77. The molecule has 0 saturated heterocycles. The number of carbonyl (C=O) groups is 1. The monoisotopic (exact) mass is 316 g/mol. The van der Waals surface area contributed by atoms with Gasteiger partial charge >= 0.3 is 0 Å². The second-order valence-corrected chi connectivity index (χ2v) is 5.76. The van der Waals surface area contributed by atoms with E-state index in [-0.39, 0.29) is 11.9 Å². The van der Waals surface area contributed by atoms with Crippen molar-refractivity contribution in [3.05, 3.63) is 54.4 Å². The van der Waals surface area contributed by atoms with Crippen molar-refractivity contribution in [2.75, 3.05) is 12.0 Å². The van der Waals surface area contributed by atoms with Crippen molar-refractivity contribution < 1.29 is 9.21 Å². The Morgan fingerprint density at radius 2 is 2.27 bits per heavy atom. The minimum absolute atomic E-state index is 0.220. The first-order valence-corrected chi connectivity index (χ1v) is 8.32. The molecule has 114 valence electrons. The molecule has 0 spiro atoms. The van der Waals surface area contributed by atoms with Gasteiger partial charge in [-0.1, -0.05) is 6.07 Å². The fourth-order valence-electron chi connectivity index (χ4n) is 2.24. The molecule has 6 nitrogen and oxygen atoms in total. The molecule has 3 aromatic heterocycles.